The van der Waals surface area contributed by atoms with Crippen LogP contribution < -0.4 is 20.3 Å². The molecular weight excluding hydrogens is 384 g/mol. The van der Waals surface area contributed by atoms with Gasteiger partial charge in [0.25, 0.3) is 11.5 Å². The highest BCUT2D eigenvalue weighted by Gasteiger charge is 2.23. The third-order valence-corrected chi connectivity index (χ3v) is 5.24. The van der Waals surface area contributed by atoms with Crippen molar-refractivity contribution in [3.8, 4) is 11.5 Å². The Bertz CT molecular complexity index is 1350. The molecule has 1 aromatic carbocycles. The third kappa shape index (κ3) is 2.97. The summed E-state index contributed by atoms with van der Waals surface area (Å²) in [4.78, 5) is 30.3. The number of benzene rings is 1. The van der Waals surface area contributed by atoms with Crippen LogP contribution in [-0.4, -0.2) is 39.1 Å². The minimum atomic E-state index is -0.303. The van der Waals surface area contributed by atoms with Crippen molar-refractivity contribution < 1.29 is 14.3 Å². The van der Waals surface area contributed by atoms with Crippen LogP contribution in [0.2, 0.25) is 0 Å². The van der Waals surface area contributed by atoms with Crippen LogP contribution in [0.3, 0.4) is 0 Å². The van der Waals surface area contributed by atoms with Crippen molar-refractivity contribution in [3.63, 3.8) is 0 Å². The lowest BCUT2D eigenvalue weighted by atomic mass is 10.2. The summed E-state index contributed by atoms with van der Waals surface area (Å²) in [7, 11) is 1.73. The molecule has 5 rings (SSSR count). The molecule has 0 saturated heterocycles. The van der Waals surface area contributed by atoms with Gasteiger partial charge in [0.05, 0.1) is 11.9 Å². The molecule has 0 fully saturated rings. The van der Waals surface area contributed by atoms with E-state index in [0.29, 0.717) is 40.5 Å². The Morgan fingerprint density at radius 1 is 1.23 bits per heavy atom. The third-order valence-electron chi connectivity index (χ3n) is 5.24. The summed E-state index contributed by atoms with van der Waals surface area (Å²) in [6.07, 6.45) is 1.45. The highest BCUT2D eigenvalue weighted by molar-refractivity contribution is 5.98. The SMILES string of the molecule is Cc1ccc2nc3c(cc(C(=O)NC[C@H]4COc5ccccc5O4)n3C)c(=O)n2c1. The van der Waals surface area contributed by atoms with Crippen LogP contribution in [0.15, 0.2) is 53.5 Å². The van der Waals surface area contributed by atoms with Gasteiger partial charge in [0.1, 0.15) is 29.7 Å². The van der Waals surface area contributed by atoms with Crippen LogP contribution in [0.5, 0.6) is 11.5 Å². The molecule has 0 bridgehead atoms. The zero-order valence-corrected chi connectivity index (χ0v) is 16.6. The molecule has 1 aliphatic rings. The van der Waals surface area contributed by atoms with Gasteiger partial charge in [-0.15, -0.1) is 0 Å². The fraction of sp³-hybridized carbons (Fsp3) is 0.227. The number of carbonyl (C=O) groups is 1. The van der Waals surface area contributed by atoms with Gasteiger partial charge in [-0.2, -0.15) is 0 Å². The molecule has 0 unspecified atom stereocenters. The summed E-state index contributed by atoms with van der Waals surface area (Å²) in [6, 6.07) is 12.7. The van der Waals surface area contributed by atoms with Crippen molar-refractivity contribution in [2.24, 2.45) is 7.05 Å². The standard InChI is InChI=1S/C22H20N4O4/c1-13-7-8-19-24-20-15(22(28)26(19)11-13)9-16(25(20)2)21(27)23-10-14-12-29-17-5-3-4-6-18(17)30-14/h3-9,11,14H,10,12H2,1-2H3,(H,23,27)/t14-/m0/s1. The first kappa shape index (κ1) is 18.2. The second kappa shape index (κ2) is 6.91. The molecular formula is C22H20N4O4. The molecule has 0 spiro atoms. The van der Waals surface area contributed by atoms with E-state index in [-0.39, 0.29) is 24.1 Å². The monoisotopic (exact) mass is 404 g/mol. The number of nitrogens with zero attached hydrogens (tertiary/aromatic N) is 3. The summed E-state index contributed by atoms with van der Waals surface area (Å²) >= 11 is 0. The first-order valence-electron chi connectivity index (χ1n) is 9.66. The van der Waals surface area contributed by atoms with E-state index in [1.807, 2.05) is 37.3 Å². The number of pyridine rings is 1. The summed E-state index contributed by atoms with van der Waals surface area (Å²) in [5, 5.41) is 3.27. The largest absolute Gasteiger partial charge is 0.486 e. The number of aromatic nitrogens is 3. The highest BCUT2D eigenvalue weighted by Crippen LogP contribution is 2.30. The van der Waals surface area contributed by atoms with Gasteiger partial charge < -0.3 is 19.4 Å². The highest BCUT2D eigenvalue weighted by atomic mass is 16.6. The van der Waals surface area contributed by atoms with E-state index in [2.05, 4.69) is 10.3 Å². The number of ether oxygens (including phenoxy) is 2. The Hall–Kier alpha value is -3.81. The fourth-order valence-corrected chi connectivity index (χ4v) is 3.66. The van der Waals surface area contributed by atoms with Gasteiger partial charge >= 0.3 is 0 Å². The fourth-order valence-electron chi connectivity index (χ4n) is 3.66. The smallest absolute Gasteiger partial charge is 0.268 e. The van der Waals surface area contributed by atoms with Gasteiger partial charge in [-0.3, -0.25) is 14.0 Å². The minimum absolute atomic E-state index is 0.200. The van der Waals surface area contributed by atoms with Crippen LogP contribution in [0, 0.1) is 6.92 Å². The van der Waals surface area contributed by atoms with Crippen molar-refractivity contribution in [2.45, 2.75) is 13.0 Å². The second-order valence-corrected chi connectivity index (χ2v) is 7.39. The minimum Gasteiger partial charge on any atom is -0.486 e. The molecule has 1 atom stereocenters. The molecule has 30 heavy (non-hydrogen) atoms. The van der Waals surface area contributed by atoms with E-state index in [4.69, 9.17) is 9.47 Å². The van der Waals surface area contributed by atoms with Gasteiger partial charge in [0, 0.05) is 13.2 Å². The van der Waals surface area contributed by atoms with Gasteiger partial charge in [-0.25, -0.2) is 4.98 Å². The summed E-state index contributed by atoms with van der Waals surface area (Å²) in [5.74, 6) is 1.05. The van der Waals surface area contributed by atoms with Gasteiger partial charge in [0.2, 0.25) is 0 Å². The van der Waals surface area contributed by atoms with E-state index >= 15 is 0 Å². The number of carbonyl (C=O) groups excluding carboxylic acids is 1. The molecule has 3 aromatic heterocycles. The van der Waals surface area contributed by atoms with E-state index in [1.165, 1.54) is 4.40 Å². The topological polar surface area (TPSA) is 86.9 Å². The summed E-state index contributed by atoms with van der Waals surface area (Å²) in [6.45, 7) is 2.54. The van der Waals surface area contributed by atoms with Crippen molar-refractivity contribution >= 4 is 22.6 Å². The van der Waals surface area contributed by atoms with Crippen molar-refractivity contribution in [3.05, 3.63) is 70.3 Å². The Morgan fingerprint density at radius 2 is 2.03 bits per heavy atom. The number of amides is 1. The lowest BCUT2D eigenvalue weighted by Gasteiger charge is -2.26. The number of para-hydroxylation sites is 2. The maximum Gasteiger partial charge on any atom is 0.268 e. The van der Waals surface area contributed by atoms with E-state index in [9.17, 15) is 9.59 Å². The second-order valence-electron chi connectivity index (χ2n) is 7.39. The van der Waals surface area contributed by atoms with Crippen LogP contribution in [-0.2, 0) is 7.05 Å². The number of rotatable bonds is 3. The van der Waals surface area contributed by atoms with E-state index in [0.717, 1.165) is 5.56 Å². The van der Waals surface area contributed by atoms with Gasteiger partial charge in [0.15, 0.2) is 11.5 Å². The maximum atomic E-state index is 12.9. The Kier molecular flexibility index (Phi) is 4.20. The predicted molar refractivity (Wildman–Crippen MR) is 111 cm³/mol. The van der Waals surface area contributed by atoms with Crippen LogP contribution in [0.25, 0.3) is 16.7 Å². The maximum absolute atomic E-state index is 12.9. The van der Waals surface area contributed by atoms with Gasteiger partial charge in [-0.05, 0) is 36.8 Å². The molecule has 8 nitrogen and oxygen atoms in total. The van der Waals surface area contributed by atoms with Crippen molar-refractivity contribution in [1.82, 2.24) is 19.3 Å². The van der Waals surface area contributed by atoms with Crippen LogP contribution in [0.1, 0.15) is 16.1 Å². The van der Waals surface area contributed by atoms with Crippen LogP contribution >= 0.6 is 0 Å². The Balaban J connectivity index is 1.40. The lowest BCUT2D eigenvalue weighted by molar-refractivity contribution is 0.0785. The first-order valence-corrected chi connectivity index (χ1v) is 9.66. The number of nitrogens with one attached hydrogen (secondary N) is 1. The first-order chi connectivity index (χ1) is 14.5. The summed E-state index contributed by atoms with van der Waals surface area (Å²) in [5.41, 5.74) is 2.13. The van der Waals surface area contributed by atoms with Crippen LogP contribution in [0.4, 0.5) is 0 Å². The Morgan fingerprint density at radius 3 is 2.87 bits per heavy atom. The zero-order valence-electron chi connectivity index (χ0n) is 16.6. The predicted octanol–water partition coefficient (Wildman–Crippen LogP) is 2.06. The quantitative estimate of drug-likeness (QED) is 0.565. The number of hydrogen-bond donors (Lipinski definition) is 1. The number of aryl methyl sites for hydroxylation is 2. The number of hydrogen-bond acceptors (Lipinski definition) is 5. The zero-order chi connectivity index (χ0) is 20.8. The number of fused-ring (bicyclic) bond motifs is 3. The molecule has 152 valence electrons. The molecule has 0 saturated carbocycles. The lowest BCUT2D eigenvalue weighted by Crippen LogP contribution is -2.41. The molecule has 1 aliphatic heterocycles. The van der Waals surface area contributed by atoms with Crippen molar-refractivity contribution in [2.75, 3.05) is 13.2 Å². The average molecular weight is 404 g/mol. The molecule has 0 radical (unpaired) electrons. The molecule has 1 N–H and O–H groups in total. The molecule has 8 heteroatoms. The molecule has 0 aliphatic carbocycles. The molecule has 1 amide bonds. The van der Waals surface area contributed by atoms with E-state index in [1.54, 1.807) is 29.9 Å². The normalized spacial score (nSPS) is 15.5. The van der Waals surface area contributed by atoms with E-state index < -0.39 is 0 Å². The average Bonchev–Trinajstić information content (AvgIpc) is 3.09. The summed E-state index contributed by atoms with van der Waals surface area (Å²) < 4.78 is 14.7. The van der Waals surface area contributed by atoms with Crippen molar-refractivity contribution in [1.29, 1.82) is 0 Å². The Labute approximate surface area is 171 Å². The molecule has 4 heterocycles. The van der Waals surface area contributed by atoms with Gasteiger partial charge in [-0.1, -0.05) is 18.2 Å². The molecule has 4 aromatic rings.